The predicted octanol–water partition coefficient (Wildman–Crippen LogP) is 5.09. The molecule has 1 N–H and O–H groups in total. The van der Waals surface area contributed by atoms with E-state index in [2.05, 4.69) is 31.9 Å². The maximum Gasteiger partial charge on any atom is 0.328 e. The largest absolute Gasteiger partial charge is 0.478 e. The van der Waals surface area contributed by atoms with Crippen LogP contribution in [0.5, 0.6) is 0 Å². The first-order chi connectivity index (χ1) is 10.9. The second-order valence-corrected chi connectivity index (χ2v) is 5.78. The van der Waals surface area contributed by atoms with Gasteiger partial charge >= 0.3 is 5.97 Å². The van der Waals surface area contributed by atoms with Crippen LogP contribution in [0, 0.1) is 11.6 Å². The first-order valence-corrected chi connectivity index (χ1v) is 7.69. The highest BCUT2D eigenvalue weighted by atomic mass is 79.9. The molecule has 0 saturated heterocycles. The Hall–Kier alpha value is -1.86. The van der Waals surface area contributed by atoms with Crippen molar-refractivity contribution in [3.05, 3.63) is 74.2 Å². The second-order valence-electron chi connectivity index (χ2n) is 4.08. The van der Waals surface area contributed by atoms with Crippen molar-refractivity contribution in [2.75, 3.05) is 0 Å². The minimum atomic E-state index is -1.10. The molecule has 120 valence electrons. The average molecular weight is 448 g/mol. The van der Waals surface area contributed by atoms with Crippen molar-refractivity contribution in [3.63, 3.8) is 0 Å². The van der Waals surface area contributed by atoms with Crippen molar-refractivity contribution in [2.24, 2.45) is 0 Å². The van der Waals surface area contributed by atoms with Crippen molar-refractivity contribution in [2.45, 2.75) is 0 Å². The third-order valence-electron chi connectivity index (χ3n) is 2.50. The van der Waals surface area contributed by atoms with Crippen LogP contribution in [0.25, 0.3) is 6.08 Å². The zero-order valence-corrected chi connectivity index (χ0v) is 14.6. The number of aldehydes is 1. The lowest BCUT2D eigenvalue weighted by Crippen LogP contribution is -1.88. The van der Waals surface area contributed by atoms with Gasteiger partial charge in [-0.15, -0.1) is 0 Å². The van der Waals surface area contributed by atoms with E-state index >= 15 is 0 Å². The van der Waals surface area contributed by atoms with Gasteiger partial charge in [-0.1, -0.05) is 18.2 Å². The van der Waals surface area contributed by atoms with Crippen LogP contribution in [0.4, 0.5) is 8.78 Å². The minimum Gasteiger partial charge on any atom is -0.478 e. The van der Waals surface area contributed by atoms with E-state index in [1.54, 1.807) is 24.3 Å². The number of hydrogen-bond acceptors (Lipinski definition) is 2. The van der Waals surface area contributed by atoms with Crippen LogP contribution in [0.15, 0.2) is 51.4 Å². The van der Waals surface area contributed by atoms with Gasteiger partial charge in [0, 0.05) is 11.6 Å². The average Bonchev–Trinajstić information content (AvgIpc) is 2.52. The zero-order chi connectivity index (χ0) is 17.4. The summed E-state index contributed by atoms with van der Waals surface area (Å²) < 4.78 is 26.5. The number of hydrogen-bond donors (Lipinski definition) is 1. The number of aliphatic carboxylic acids is 1. The van der Waals surface area contributed by atoms with E-state index in [9.17, 15) is 18.4 Å². The third-order valence-corrected chi connectivity index (χ3v) is 3.72. The summed E-state index contributed by atoms with van der Waals surface area (Å²) in [6.07, 6.45) is 2.59. The number of halogens is 4. The van der Waals surface area contributed by atoms with Crippen LogP contribution in [0.3, 0.4) is 0 Å². The standard InChI is InChI=1S/C9H6BrFO2.C7H4BrFO/c10-7-3-1-2-6(9(7)11)4-5-8(12)13;8-6-3-1-2-5(4-10)7(6)9/h1-5H,(H,12,13);1-4H. The van der Waals surface area contributed by atoms with E-state index in [1.165, 1.54) is 18.2 Å². The molecule has 23 heavy (non-hydrogen) atoms. The van der Waals surface area contributed by atoms with Crippen LogP contribution in [-0.2, 0) is 4.79 Å². The normalized spacial score (nSPS) is 10.1. The highest BCUT2D eigenvalue weighted by molar-refractivity contribution is 9.10. The molecule has 0 radical (unpaired) electrons. The van der Waals surface area contributed by atoms with Gasteiger partial charge in [0.25, 0.3) is 0 Å². The van der Waals surface area contributed by atoms with E-state index in [-0.39, 0.29) is 11.1 Å². The summed E-state index contributed by atoms with van der Waals surface area (Å²) in [6.45, 7) is 0. The van der Waals surface area contributed by atoms with Gasteiger partial charge in [-0.3, -0.25) is 4.79 Å². The summed E-state index contributed by atoms with van der Waals surface area (Å²) in [5, 5.41) is 8.31. The van der Waals surface area contributed by atoms with E-state index in [0.717, 1.165) is 6.08 Å². The van der Waals surface area contributed by atoms with Crippen LogP contribution in [-0.4, -0.2) is 17.4 Å². The van der Waals surface area contributed by atoms with Crippen molar-refractivity contribution in [1.82, 2.24) is 0 Å². The molecule has 2 aromatic carbocycles. The lowest BCUT2D eigenvalue weighted by molar-refractivity contribution is -0.131. The van der Waals surface area contributed by atoms with Crippen molar-refractivity contribution >= 4 is 50.2 Å². The molecule has 7 heteroatoms. The smallest absolute Gasteiger partial charge is 0.328 e. The summed E-state index contributed by atoms with van der Waals surface area (Å²) in [6, 6.07) is 9.26. The molecule has 0 saturated carbocycles. The van der Waals surface area contributed by atoms with Gasteiger partial charge in [0.05, 0.1) is 14.5 Å². The van der Waals surface area contributed by atoms with E-state index < -0.39 is 17.6 Å². The fraction of sp³-hybridized carbons (Fsp3) is 0. The Morgan fingerprint density at radius 1 is 0.957 bits per heavy atom. The van der Waals surface area contributed by atoms with E-state index in [4.69, 9.17) is 5.11 Å². The number of carboxylic acids is 1. The Labute approximate surface area is 147 Å². The molecule has 0 bridgehead atoms. The van der Waals surface area contributed by atoms with Crippen LogP contribution >= 0.6 is 31.9 Å². The highest BCUT2D eigenvalue weighted by Gasteiger charge is 2.03. The molecule has 0 unspecified atom stereocenters. The van der Waals surface area contributed by atoms with Crippen LogP contribution in [0.1, 0.15) is 15.9 Å². The molecule has 0 heterocycles. The van der Waals surface area contributed by atoms with Crippen molar-refractivity contribution in [1.29, 1.82) is 0 Å². The minimum absolute atomic E-state index is 0.0781. The predicted molar refractivity (Wildman–Crippen MR) is 90.3 cm³/mol. The van der Waals surface area contributed by atoms with Gasteiger partial charge in [-0.05, 0) is 56.1 Å². The number of carbonyl (C=O) groups excluding carboxylic acids is 1. The van der Waals surface area contributed by atoms with Crippen LogP contribution in [0.2, 0.25) is 0 Å². The Morgan fingerprint density at radius 3 is 1.87 bits per heavy atom. The molecule has 2 rings (SSSR count). The van der Waals surface area contributed by atoms with E-state index in [0.29, 0.717) is 15.2 Å². The molecule has 0 atom stereocenters. The molecule has 0 amide bonds. The fourth-order valence-corrected chi connectivity index (χ4v) is 2.18. The Balaban J connectivity index is 0.000000238. The van der Waals surface area contributed by atoms with Gasteiger partial charge in [-0.2, -0.15) is 0 Å². The Morgan fingerprint density at radius 2 is 1.43 bits per heavy atom. The molecule has 0 aliphatic rings. The molecule has 2 aromatic rings. The van der Waals surface area contributed by atoms with Gasteiger partial charge in [-0.25, -0.2) is 13.6 Å². The Bertz CT molecular complexity index is 746. The molecule has 0 aliphatic carbocycles. The molecule has 0 aromatic heterocycles. The molecule has 3 nitrogen and oxygen atoms in total. The number of carbonyl (C=O) groups is 2. The van der Waals surface area contributed by atoms with Gasteiger partial charge in [0.1, 0.15) is 11.6 Å². The molecule has 0 spiro atoms. The first kappa shape index (κ1) is 19.2. The quantitative estimate of drug-likeness (QED) is 0.526. The topological polar surface area (TPSA) is 54.4 Å². The summed E-state index contributed by atoms with van der Waals surface area (Å²) in [5.41, 5.74) is 0.325. The molecular weight excluding hydrogens is 438 g/mol. The summed E-state index contributed by atoms with van der Waals surface area (Å²) in [7, 11) is 0. The molecule has 0 aliphatic heterocycles. The van der Waals surface area contributed by atoms with Gasteiger partial charge in [0.15, 0.2) is 6.29 Å². The molecular formula is C16H10Br2F2O3. The monoisotopic (exact) mass is 446 g/mol. The number of carboxylic acid groups (broad SMARTS) is 1. The van der Waals surface area contributed by atoms with Crippen molar-refractivity contribution < 1.29 is 23.5 Å². The molecule has 0 fully saturated rings. The summed E-state index contributed by atoms with van der Waals surface area (Å²) in [4.78, 5) is 20.3. The maximum atomic E-state index is 13.2. The van der Waals surface area contributed by atoms with Crippen molar-refractivity contribution in [3.8, 4) is 0 Å². The second kappa shape index (κ2) is 9.32. The number of benzene rings is 2. The number of rotatable bonds is 3. The zero-order valence-electron chi connectivity index (χ0n) is 11.5. The SMILES string of the molecule is O=C(O)C=Cc1cccc(Br)c1F.O=Cc1cccc(Br)c1F. The first-order valence-electron chi connectivity index (χ1n) is 6.11. The highest BCUT2D eigenvalue weighted by Crippen LogP contribution is 2.19. The van der Waals surface area contributed by atoms with E-state index in [1.807, 2.05) is 0 Å². The summed E-state index contributed by atoms with van der Waals surface area (Å²) in [5.74, 6) is -2.06. The maximum absolute atomic E-state index is 13.2. The summed E-state index contributed by atoms with van der Waals surface area (Å²) >= 11 is 5.95. The third kappa shape index (κ3) is 6.03. The van der Waals surface area contributed by atoms with Gasteiger partial charge < -0.3 is 5.11 Å². The lowest BCUT2D eigenvalue weighted by atomic mass is 10.2. The Kier molecular flexibility index (Phi) is 7.77. The lowest BCUT2D eigenvalue weighted by Gasteiger charge is -1.97. The fourth-order valence-electron chi connectivity index (χ4n) is 1.42. The van der Waals surface area contributed by atoms with Gasteiger partial charge in [0.2, 0.25) is 0 Å². The van der Waals surface area contributed by atoms with Crippen LogP contribution < -0.4 is 0 Å².